The van der Waals surface area contributed by atoms with E-state index in [1.54, 1.807) is 6.07 Å². The number of thiophene rings is 1. The molecule has 1 fully saturated rings. The van der Waals surface area contributed by atoms with Gasteiger partial charge in [-0.3, -0.25) is 0 Å². The number of aliphatic hydroxyl groups is 1. The van der Waals surface area contributed by atoms with Crippen molar-refractivity contribution < 1.29 is 13.5 Å². The summed E-state index contributed by atoms with van der Waals surface area (Å²) in [5, 5.41) is 11.1. The van der Waals surface area contributed by atoms with Gasteiger partial charge < -0.3 is 5.11 Å². The average Bonchev–Trinajstić information content (AvgIpc) is 3.31. The summed E-state index contributed by atoms with van der Waals surface area (Å²) in [5.41, 5.74) is -0.371. The van der Waals surface area contributed by atoms with Gasteiger partial charge >= 0.3 is 0 Å². The van der Waals surface area contributed by atoms with Crippen molar-refractivity contribution in [1.82, 2.24) is 4.72 Å². The molecule has 23 heavy (non-hydrogen) atoms. The second kappa shape index (κ2) is 6.36. The molecule has 1 aliphatic rings. The van der Waals surface area contributed by atoms with Gasteiger partial charge in [0.2, 0.25) is 10.0 Å². The van der Waals surface area contributed by atoms with Crippen molar-refractivity contribution in [3.05, 3.63) is 52.9 Å². The number of nitrogens with one attached hydrogen (secondary N) is 1. The second-order valence-electron chi connectivity index (χ2n) is 5.96. The minimum absolute atomic E-state index is 0.00334. The van der Waals surface area contributed by atoms with Crippen LogP contribution in [0.1, 0.15) is 30.2 Å². The van der Waals surface area contributed by atoms with Gasteiger partial charge in [-0.05, 0) is 42.9 Å². The SMILES string of the molecule is CCc1ccc(S(=O)(=O)NCC(O)(c2ccccc2)C2CC2)s1. The topological polar surface area (TPSA) is 66.4 Å². The van der Waals surface area contributed by atoms with Crippen molar-refractivity contribution >= 4 is 21.4 Å². The standard InChI is InChI=1S/C17H21NO3S2/c1-2-15-10-11-16(22-15)23(20,21)18-12-17(19,14-8-9-14)13-6-4-3-5-7-13/h3-7,10-11,14,18-19H,2,8-9,12H2,1H3. The lowest BCUT2D eigenvalue weighted by molar-refractivity contribution is 0.0185. The Labute approximate surface area is 141 Å². The van der Waals surface area contributed by atoms with Crippen molar-refractivity contribution in [2.24, 2.45) is 5.92 Å². The molecule has 0 aliphatic heterocycles. The number of hydrogen-bond acceptors (Lipinski definition) is 4. The number of benzene rings is 1. The van der Waals surface area contributed by atoms with Crippen molar-refractivity contribution in [2.75, 3.05) is 6.54 Å². The van der Waals surface area contributed by atoms with E-state index in [2.05, 4.69) is 4.72 Å². The lowest BCUT2D eigenvalue weighted by Crippen LogP contribution is -2.42. The van der Waals surface area contributed by atoms with Gasteiger partial charge in [0.15, 0.2) is 0 Å². The Morgan fingerprint density at radius 1 is 1.22 bits per heavy atom. The molecule has 2 aromatic rings. The van der Waals surface area contributed by atoms with E-state index in [1.807, 2.05) is 43.3 Å². The van der Waals surface area contributed by atoms with Crippen LogP contribution in [0.15, 0.2) is 46.7 Å². The first-order valence-electron chi connectivity index (χ1n) is 7.82. The summed E-state index contributed by atoms with van der Waals surface area (Å²) in [4.78, 5) is 1.03. The van der Waals surface area contributed by atoms with Crippen LogP contribution in [-0.2, 0) is 22.0 Å². The molecule has 124 valence electrons. The summed E-state index contributed by atoms with van der Waals surface area (Å²) < 4.78 is 27.9. The summed E-state index contributed by atoms with van der Waals surface area (Å²) >= 11 is 1.28. The molecular weight excluding hydrogens is 330 g/mol. The third-order valence-corrected chi connectivity index (χ3v) is 7.43. The molecule has 3 rings (SSSR count). The van der Waals surface area contributed by atoms with Crippen LogP contribution < -0.4 is 4.72 Å². The fourth-order valence-electron chi connectivity index (χ4n) is 2.74. The first-order chi connectivity index (χ1) is 11.0. The molecule has 4 nitrogen and oxygen atoms in total. The molecule has 1 heterocycles. The van der Waals surface area contributed by atoms with Crippen LogP contribution in [0.4, 0.5) is 0 Å². The van der Waals surface area contributed by atoms with Gasteiger partial charge in [0, 0.05) is 11.4 Å². The van der Waals surface area contributed by atoms with Gasteiger partial charge in [-0.15, -0.1) is 11.3 Å². The predicted molar refractivity (Wildman–Crippen MR) is 91.9 cm³/mol. The van der Waals surface area contributed by atoms with E-state index < -0.39 is 15.6 Å². The van der Waals surface area contributed by atoms with E-state index in [-0.39, 0.29) is 12.5 Å². The number of hydrogen-bond donors (Lipinski definition) is 2. The van der Waals surface area contributed by atoms with Crippen LogP contribution in [0.2, 0.25) is 0 Å². The Kier molecular flexibility index (Phi) is 4.60. The Morgan fingerprint density at radius 2 is 1.91 bits per heavy atom. The van der Waals surface area contributed by atoms with Crippen LogP contribution in [0.25, 0.3) is 0 Å². The molecular formula is C17H21NO3S2. The average molecular weight is 351 g/mol. The number of aryl methyl sites for hydroxylation is 1. The molecule has 1 saturated carbocycles. The molecule has 1 aromatic carbocycles. The van der Waals surface area contributed by atoms with E-state index in [0.29, 0.717) is 4.21 Å². The van der Waals surface area contributed by atoms with Gasteiger partial charge in [0.1, 0.15) is 9.81 Å². The van der Waals surface area contributed by atoms with E-state index >= 15 is 0 Å². The van der Waals surface area contributed by atoms with Crippen molar-refractivity contribution in [2.45, 2.75) is 36.0 Å². The summed E-state index contributed by atoms with van der Waals surface area (Å²) in [5.74, 6) is 0.113. The van der Waals surface area contributed by atoms with Crippen LogP contribution in [0.5, 0.6) is 0 Å². The number of rotatable bonds is 7. The largest absolute Gasteiger partial charge is 0.383 e. The molecule has 0 bridgehead atoms. The van der Waals surface area contributed by atoms with Crippen molar-refractivity contribution in [1.29, 1.82) is 0 Å². The zero-order valence-corrected chi connectivity index (χ0v) is 14.7. The highest BCUT2D eigenvalue weighted by molar-refractivity contribution is 7.91. The van der Waals surface area contributed by atoms with Gasteiger partial charge in [0.05, 0.1) is 0 Å². The van der Waals surface area contributed by atoms with Crippen LogP contribution in [-0.4, -0.2) is 20.1 Å². The molecule has 2 N–H and O–H groups in total. The molecule has 6 heteroatoms. The van der Waals surface area contributed by atoms with Gasteiger partial charge in [-0.25, -0.2) is 13.1 Å². The van der Waals surface area contributed by atoms with Gasteiger partial charge in [-0.1, -0.05) is 37.3 Å². The molecule has 1 atom stereocenters. The lowest BCUT2D eigenvalue weighted by atomic mass is 9.89. The maximum absolute atomic E-state index is 12.5. The summed E-state index contributed by atoms with van der Waals surface area (Å²) in [6.07, 6.45) is 2.66. The van der Waals surface area contributed by atoms with E-state index in [4.69, 9.17) is 0 Å². The normalized spacial score (nSPS) is 17.8. The molecule has 1 aliphatic carbocycles. The van der Waals surface area contributed by atoms with Gasteiger partial charge in [-0.2, -0.15) is 0 Å². The van der Waals surface area contributed by atoms with E-state index in [9.17, 15) is 13.5 Å². The number of sulfonamides is 1. The Balaban J connectivity index is 1.79. The molecule has 0 amide bonds. The second-order valence-corrected chi connectivity index (χ2v) is 9.13. The smallest absolute Gasteiger partial charge is 0.250 e. The molecule has 1 aromatic heterocycles. The maximum Gasteiger partial charge on any atom is 0.250 e. The first kappa shape index (κ1) is 16.6. The monoisotopic (exact) mass is 351 g/mol. The Morgan fingerprint density at radius 3 is 2.48 bits per heavy atom. The van der Waals surface area contributed by atoms with Crippen LogP contribution >= 0.6 is 11.3 Å². The highest BCUT2D eigenvalue weighted by atomic mass is 32.2. The van der Waals surface area contributed by atoms with Crippen molar-refractivity contribution in [3.8, 4) is 0 Å². The van der Waals surface area contributed by atoms with E-state index in [1.165, 1.54) is 11.3 Å². The first-order valence-corrected chi connectivity index (χ1v) is 10.1. The maximum atomic E-state index is 12.5. The zero-order chi connectivity index (χ0) is 16.5. The summed E-state index contributed by atoms with van der Waals surface area (Å²) in [7, 11) is -3.59. The fraction of sp³-hybridized carbons (Fsp3) is 0.412. The molecule has 0 spiro atoms. The van der Waals surface area contributed by atoms with Crippen LogP contribution in [0, 0.1) is 5.92 Å². The molecule has 0 saturated heterocycles. The predicted octanol–water partition coefficient (Wildman–Crippen LogP) is 2.89. The van der Waals surface area contributed by atoms with Crippen LogP contribution in [0.3, 0.4) is 0 Å². The molecule has 1 unspecified atom stereocenters. The third kappa shape index (κ3) is 3.50. The summed E-state index contributed by atoms with van der Waals surface area (Å²) in [6, 6.07) is 12.8. The Hall–Kier alpha value is -1.21. The fourth-order valence-corrected chi connectivity index (χ4v) is 5.15. The summed E-state index contributed by atoms with van der Waals surface area (Å²) in [6.45, 7) is 2.00. The molecule has 0 radical (unpaired) electrons. The Bertz CT molecular complexity index is 766. The van der Waals surface area contributed by atoms with E-state index in [0.717, 1.165) is 29.7 Å². The highest BCUT2D eigenvalue weighted by Crippen LogP contribution is 2.45. The zero-order valence-electron chi connectivity index (χ0n) is 13.0. The third-order valence-electron chi connectivity index (χ3n) is 4.31. The minimum atomic E-state index is -3.59. The quantitative estimate of drug-likeness (QED) is 0.806. The minimum Gasteiger partial charge on any atom is -0.383 e. The lowest BCUT2D eigenvalue weighted by Gasteiger charge is -2.29. The highest BCUT2D eigenvalue weighted by Gasteiger charge is 2.45. The van der Waals surface area contributed by atoms with Crippen molar-refractivity contribution in [3.63, 3.8) is 0 Å². The van der Waals surface area contributed by atoms with Gasteiger partial charge in [0.25, 0.3) is 0 Å².